The molecule has 1 aromatic rings. The second-order valence-electron chi connectivity index (χ2n) is 7.58. The Kier molecular flexibility index (Phi) is 7.66. The number of likely N-dealkylation sites (tertiary alicyclic amines) is 1. The van der Waals surface area contributed by atoms with Crippen molar-refractivity contribution >= 4 is 11.8 Å². The van der Waals surface area contributed by atoms with Crippen molar-refractivity contribution in [2.45, 2.75) is 25.7 Å². The van der Waals surface area contributed by atoms with Crippen molar-refractivity contribution in [1.29, 1.82) is 0 Å². The molecule has 2 fully saturated rings. The molecule has 2 amide bonds. The Hall–Kier alpha value is -1.92. The zero-order chi connectivity index (χ0) is 18.9. The fourth-order valence-corrected chi connectivity index (χ4v) is 3.79. The molecule has 0 aromatic heterocycles. The zero-order valence-electron chi connectivity index (χ0n) is 16.2. The Morgan fingerprint density at radius 1 is 0.852 bits per heavy atom. The van der Waals surface area contributed by atoms with Gasteiger partial charge in [-0.3, -0.25) is 19.4 Å². The largest absolute Gasteiger partial charge is 0.355 e. The first-order chi connectivity index (χ1) is 13.2. The van der Waals surface area contributed by atoms with Gasteiger partial charge in [-0.05, 0) is 31.2 Å². The van der Waals surface area contributed by atoms with E-state index in [1.54, 1.807) is 0 Å². The van der Waals surface area contributed by atoms with E-state index in [0.717, 1.165) is 71.5 Å². The molecular weight excluding hydrogens is 340 g/mol. The van der Waals surface area contributed by atoms with Crippen LogP contribution in [0.4, 0.5) is 0 Å². The zero-order valence-corrected chi connectivity index (χ0v) is 16.2. The van der Waals surface area contributed by atoms with E-state index in [9.17, 15) is 9.59 Å². The van der Waals surface area contributed by atoms with E-state index >= 15 is 0 Å². The normalized spacial score (nSPS) is 18.6. The first kappa shape index (κ1) is 19.8. The summed E-state index contributed by atoms with van der Waals surface area (Å²) in [6, 6.07) is 10.4. The number of nitrogens with zero attached hydrogens (tertiary/aromatic N) is 3. The maximum absolute atomic E-state index is 12.2. The highest BCUT2D eigenvalue weighted by Crippen LogP contribution is 2.09. The minimum Gasteiger partial charge on any atom is -0.355 e. The minimum absolute atomic E-state index is 0.102. The molecule has 0 radical (unpaired) electrons. The summed E-state index contributed by atoms with van der Waals surface area (Å²) in [6.07, 6.45) is 4.23. The highest BCUT2D eigenvalue weighted by molar-refractivity contribution is 5.78. The molecular formula is C21H32N4O2. The lowest BCUT2D eigenvalue weighted by Gasteiger charge is -2.34. The molecule has 2 aliphatic rings. The number of amides is 2. The molecule has 0 spiro atoms. The molecule has 2 aliphatic heterocycles. The van der Waals surface area contributed by atoms with Gasteiger partial charge < -0.3 is 10.2 Å². The lowest BCUT2D eigenvalue weighted by Crippen LogP contribution is -2.51. The van der Waals surface area contributed by atoms with Crippen LogP contribution in [-0.4, -0.2) is 85.4 Å². The van der Waals surface area contributed by atoms with Crippen molar-refractivity contribution in [3.8, 4) is 0 Å². The van der Waals surface area contributed by atoms with Crippen molar-refractivity contribution in [2.24, 2.45) is 0 Å². The molecule has 0 bridgehead atoms. The monoisotopic (exact) mass is 372 g/mol. The van der Waals surface area contributed by atoms with Crippen molar-refractivity contribution in [2.75, 3.05) is 58.9 Å². The van der Waals surface area contributed by atoms with Gasteiger partial charge in [0.05, 0.1) is 13.1 Å². The van der Waals surface area contributed by atoms with Crippen LogP contribution >= 0.6 is 0 Å². The second-order valence-corrected chi connectivity index (χ2v) is 7.58. The van der Waals surface area contributed by atoms with Gasteiger partial charge in [0.15, 0.2) is 0 Å². The molecule has 1 aromatic carbocycles. The van der Waals surface area contributed by atoms with Crippen LogP contribution in [0.25, 0.3) is 0 Å². The Bertz CT molecular complexity index is 593. The average molecular weight is 373 g/mol. The predicted molar refractivity (Wildman–Crippen MR) is 106 cm³/mol. The van der Waals surface area contributed by atoms with E-state index in [2.05, 4.69) is 27.2 Å². The molecule has 2 saturated heterocycles. The number of aryl methyl sites for hydroxylation is 1. The van der Waals surface area contributed by atoms with E-state index < -0.39 is 0 Å². The van der Waals surface area contributed by atoms with E-state index in [-0.39, 0.29) is 11.8 Å². The number of nitrogens with one attached hydrogen (secondary N) is 1. The predicted octanol–water partition coefficient (Wildman–Crippen LogP) is 0.975. The molecule has 0 saturated carbocycles. The number of benzene rings is 1. The molecule has 6 heteroatoms. The quantitative estimate of drug-likeness (QED) is 0.691. The maximum atomic E-state index is 12.2. The van der Waals surface area contributed by atoms with Crippen LogP contribution in [0.1, 0.15) is 24.8 Å². The number of rotatable bonds is 8. The summed E-state index contributed by atoms with van der Waals surface area (Å²) in [4.78, 5) is 30.7. The Morgan fingerprint density at radius 3 is 2.15 bits per heavy atom. The summed E-state index contributed by atoms with van der Waals surface area (Å²) in [5.74, 6) is 0.363. The summed E-state index contributed by atoms with van der Waals surface area (Å²) in [5, 5.41) is 3.03. The number of hydrogen-bond donors (Lipinski definition) is 1. The molecule has 148 valence electrons. The molecule has 3 rings (SSSR count). The van der Waals surface area contributed by atoms with Gasteiger partial charge in [-0.15, -0.1) is 0 Å². The Balaban J connectivity index is 1.26. The summed E-state index contributed by atoms with van der Waals surface area (Å²) >= 11 is 0. The molecule has 0 unspecified atom stereocenters. The van der Waals surface area contributed by atoms with E-state index in [0.29, 0.717) is 13.1 Å². The minimum atomic E-state index is 0.102. The molecule has 1 N–H and O–H groups in total. The number of carbonyl (C=O) groups is 2. The Morgan fingerprint density at radius 2 is 1.48 bits per heavy atom. The standard InChI is InChI=1S/C21H32N4O2/c26-20(22-10-6-9-19-7-2-1-3-8-19)17-23-13-15-24(16-14-23)18-21(27)25-11-4-5-12-25/h1-3,7-8H,4-6,9-18H2,(H,22,26). The summed E-state index contributed by atoms with van der Waals surface area (Å²) in [6.45, 7) is 6.97. The van der Waals surface area contributed by atoms with E-state index in [4.69, 9.17) is 0 Å². The van der Waals surface area contributed by atoms with Gasteiger partial charge >= 0.3 is 0 Å². The van der Waals surface area contributed by atoms with Crippen LogP contribution in [0.15, 0.2) is 30.3 Å². The van der Waals surface area contributed by atoms with Crippen LogP contribution in [0.2, 0.25) is 0 Å². The Labute approximate surface area is 162 Å². The molecule has 0 aliphatic carbocycles. The smallest absolute Gasteiger partial charge is 0.236 e. The highest BCUT2D eigenvalue weighted by Gasteiger charge is 2.24. The van der Waals surface area contributed by atoms with Crippen molar-refractivity contribution in [3.63, 3.8) is 0 Å². The lowest BCUT2D eigenvalue weighted by atomic mass is 10.1. The van der Waals surface area contributed by atoms with Crippen LogP contribution in [0.3, 0.4) is 0 Å². The maximum Gasteiger partial charge on any atom is 0.236 e. The van der Waals surface area contributed by atoms with Crippen LogP contribution < -0.4 is 5.32 Å². The molecule has 2 heterocycles. The van der Waals surface area contributed by atoms with Crippen molar-refractivity contribution in [3.05, 3.63) is 35.9 Å². The van der Waals surface area contributed by atoms with Gasteiger partial charge in [0.2, 0.25) is 11.8 Å². The summed E-state index contributed by atoms with van der Waals surface area (Å²) in [5.41, 5.74) is 1.31. The van der Waals surface area contributed by atoms with Crippen LogP contribution in [0.5, 0.6) is 0 Å². The number of piperazine rings is 1. The third kappa shape index (κ3) is 6.63. The van der Waals surface area contributed by atoms with Gasteiger partial charge in [0.1, 0.15) is 0 Å². The lowest BCUT2D eigenvalue weighted by molar-refractivity contribution is -0.132. The highest BCUT2D eigenvalue weighted by atomic mass is 16.2. The number of hydrogen-bond acceptors (Lipinski definition) is 4. The fraction of sp³-hybridized carbons (Fsp3) is 0.619. The van der Waals surface area contributed by atoms with Crippen LogP contribution in [0, 0.1) is 0 Å². The SMILES string of the molecule is O=C(CN1CCN(CC(=O)N2CCCC2)CC1)NCCCc1ccccc1. The van der Waals surface area contributed by atoms with E-state index in [1.165, 1.54) is 5.56 Å². The van der Waals surface area contributed by atoms with Crippen molar-refractivity contribution < 1.29 is 9.59 Å². The fourth-order valence-electron chi connectivity index (χ4n) is 3.79. The molecule has 6 nitrogen and oxygen atoms in total. The third-order valence-electron chi connectivity index (χ3n) is 5.46. The van der Waals surface area contributed by atoms with Gasteiger partial charge in [-0.25, -0.2) is 0 Å². The van der Waals surface area contributed by atoms with Gasteiger partial charge in [-0.1, -0.05) is 30.3 Å². The summed E-state index contributed by atoms with van der Waals surface area (Å²) in [7, 11) is 0. The first-order valence-corrected chi connectivity index (χ1v) is 10.2. The topological polar surface area (TPSA) is 55.9 Å². The molecule has 27 heavy (non-hydrogen) atoms. The summed E-state index contributed by atoms with van der Waals surface area (Å²) < 4.78 is 0. The second kappa shape index (κ2) is 10.4. The third-order valence-corrected chi connectivity index (χ3v) is 5.46. The van der Waals surface area contributed by atoms with Gasteiger partial charge in [-0.2, -0.15) is 0 Å². The average Bonchev–Trinajstić information content (AvgIpc) is 3.23. The van der Waals surface area contributed by atoms with Gasteiger partial charge in [0.25, 0.3) is 0 Å². The first-order valence-electron chi connectivity index (χ1n) is 10.2. The van der Waals surface area contributed by atoms with E-state index in [1.807, 2.05) is 23.1 Å². The van der Waals surface area contributed by atoms with Crippen molar-refractivity contribution in [1.82, 2.24) is 20.0 Å². The van der Waals surface area contributed by atoms with Crippen LogP contribution in [-0.2, 0) is 16.0 Å². The molecule has 0 atom stereocenters. The number of carbonyl (C=O) groups excluding carboxylic acids is 2. The van der Waals surface area contributed by atoms with Gasteiger partial charge in [0, 0.05) is 45.8 Å².